The minimum Gasteiger partial charge on any atom is -0.368 e. The Balaban J connectivity index is 1.51. The Morgan fingerprint density at radius 3 is 2.96 bits per heavy atom. The number of rotatable bonds is 4. The molecule has 0 radical (unpaired) electrons. The number of nitrogens with zero attached hydrogens (tertiary/aromatic N) is 4. The summed E-state index contributed by atoms with van der Waals surface area (Å²) in [7, 11) is -3.27. The second-order valence-electron chi connectivity index (χ2n) is 6.88. The highest BCUT2D eigenvalue weighted by molar-refractivity contribution is 7.89. The molecule has 1 amide bonds. The predicted octanol–water partition coefficient (Wildman–Crippen LogP) is 0.726. The highest BCUT2D eigenvalue weighted by Crippen LogP contribution is 2.26. The van der Waals surface area contributed by atoms with Crippen molar-refractivity contribution in [1.29, 1.82) is 0 Å². The topological polar surface area (TPSA) is 108 Å². The summed E-state index contributed by atoms with van der Waals surface area (Å²) in [6.45, 7) is 3.55. The van der Waals surface area contributed by atoms with Crippen LogP contribution in [0.2, 0.25) is 0 Å². The average Bonchev–Trinajstić information content (AvgIpc) is 3.17. The minimum absolute atomic E-state index is 0.0605. The molecule has 0 aromatic carbocycles. The van der Waals surface area contributed by atoms with E-state index in [4.69, 9.17) is 4.74 Å². The van der Waals surface area contributed by atoms with Gasteiger partial charge in [0.05, 0.1) is 36.8 Å². The molecule has 0 spiro atoms. The Kier molecular flexibility index (Phi) is 5.17. The van der Waals surface area contributed by atoms with Crippen LogP contribution in [0.25, 0.3) is 0 Å². The second kappa shape index (κ2) is 7.61. The zero-order valence-corrected chi connectivity index (χ0v) is 16.5. The average molecular weight is 405 g/mol. The Morgan fingerprint density at radius 1 is 1.36 bits per heavy atom. The fourth-order valence-electron chi connectivity index (χ4n) is 3.62. The predicted molar refractivity (Wildman–Crippen MR) is 101 cm³/mol. The van der Waals surface area contributed by atoms with E-state index < -0.39 is 10.0 Å². The van der Waals surface area contributed by atoms with Gasteiger partial charge in [-0.15, -0.1) is 0 Å². The molecule has 1 atom stereocenters. The summed E-state index contributed by atoms with van der Waals surface area (Å²) in [4.78, 5) is 19.1. The molecule has 4 rings (SSSR count). The summed E-state index contributed by atoms with van der Waals surface area (Å²) in [5.74, 6) is -0.0983. The fraction of sp³-hybridized carbons (Fsp3) is 0.500. The highest BCUT2D eigenvalue weighted by atomic mass is 32.2. The Morgan fingerprint density at radius 2 is 2.21 bits per heavy atom. The summed E-state index contributed by atoms with van der Waals surface area (Å²) < 4.78 is 31.5. The van der Waals surface area contributed by atoms with Crippen molar-refractivity contribution >= 4 is 15.9 Å². The van der Waals surface area contributed by atoms with Gasteiger partial charge in [-0.05, 0) is 25.5 Å². The number of amides is 1. The van der Waals surface area contributed by atoms with Crippen molar-refractivity contribution in [3.05, 3.63) is 47.0 Å². The first-order valence-corrected chi connectivity index (χ1v) is 11.0. The van der Waals surface area contributed by atoms with Gasteiger partial charge in [0.15, 0.2) is 5.69 Å². The van der Waals surface area contributed by atoms with Crippen molar-refractivity contribution in [3.8, 4) is 0 Å². The van der Waals surface area contributed by atoms with Crippen LogP contribution in [0, 0.1) is 0 Å². The number of ether oxygens (including phenoxy) is 1. The molecule has 9 nitrogen and oxygen atoms in total. The molecule has 1 saturated heterocycles. The first kappa shape index (κ1) is 19.0. The Hall–Kier alpha value is -2.30. The monoisotopic (exact) mass is 405 g/mol. The molecular formula is C18H23N5O4S. The standard InChI is InChI=1S/C18H23N5O4S/c1-2-28(25,26)23-8-6-13-15(11-23)20-21-17(13)18(24)22-9-10-27-16(12-22)14-5-3-4-7-19-14/h3-5,7,16H,2,6,8-12H2,1H3,(H,20,21). The molecular weight excluding hydrogens is 382 g/mol. The SMILES string of the molecule is CCS(=O)(=O)N1CCc2c(C(=O)N3CCOC(c4ccccn4)C3)n[nH]c2C1. The molecule has 1 N–H and O–H groups in total. The van der Waals surface area contributed by atoms with Crippen molar-refractivity contribution in [1.82, 2.24) is 24.4 Å². The van der Waals surface area contributed by atoms with Crippen molar-refractivity contribution in [2.24, 2.45) is 0 Å². The number of carbonyl (C=O) groups excluding carboxylic acids is 1. The fourth-order valence-corrected chi connectivity index (χ4v) is 4.68. The van der Waals surface area contributed by atoms with Gasteiger partial charge < -0.3 is 9.64 Å². The molecule has 2 aliphatic rings. The van der Waals surface area contributed by atoms with Crippen LogP contribution >= 0.6 is 0 Å². The maximum absolute atomic E-state index is 13.1. The first-order chi connectivity index (χ1) is 13.5. The molecule has 0 aliphatic carbocycles. The first-order valence-electron chi connectivity index (χ1n) is 9.35. The lowest BCUT2D eigenvalue weighted by Crippen LogP contribution is -2.43. The summed E-state index contributed by atoms with van der Waals surface area (Å²) in [5.41, 5.74) is 2.68. The van der Waals surface area contributed by atoms with Gasteiger partial charge in [0.25, 0.3) is 5.91 Å². The smallest absolute Gasteiger partial charge is 0.274 e. The Bertz CT molecular complexity index is 960. The number of nitrogens with one attached hydrogen (secondary N) is 1. The summed E-state index contributed by atoms with van der Waals surface area (Å²) in [6, 6.07) is 5.62. The molecule has 10 heteroatoms. The molecule has 2 aromatic rings. The van der Waals surface area contributed by atoms with E-state index in [-0.39, 0.29) is 24.3 Å². The normalized spacial score (nSPS) is 20.8. The van der Waals surface area contributed by atoms with E-state index in [9.17, 15) is 13.2 Å². The highest BCUT2D eigenvalue weighted by Gasteiger charge is 2.33. The second-order valence-corrected chi connectivity index (χ2v) is 9.14. The van der Waals surface area contributed by atoms with E-state index in [1.54, 1.807) is 18.0 Å². The number of sulfonamides is 1. The third-order valence-corrected chi connectivity index (χ3v) is 7.06. The van der Waals surface area contributed by atoms with Crippen molar-refractivity contribution < 1.29 is 17.9 Å². The number of aromatic nitrogens is 3. The van der Waals surface area contributed by atoms with Gasteiger partial charge in [0, 0.05) is 24.8 Å². The van der Waals surface area contributed by atoms with Crippen molar-refractivity contribution in [2.75, 3.05) is 32.0 Å². The third kappa shape index (κ3) is 3.54. The lowest BCUT2D eigenvalue weighted by molar-refractivity contribution is -0.0249. The number of fused-ring (bicyclic) bond motifs is 1. The van der Waals surface area contributed by atoms with Gasteiger partial charge in [0.2, 0.25) is 10.0 Å². The largest absolute Gasteiger partial charge is 0.368 e. The lowest BCUT2D eigenvalue weighted by Gasteiger charge is -2.32. The number of hydrogen-bond acceptors (Lipinski definition) is 6. The van der Waals surface area contributed by atoms with Crippen LogP contribution in [0.3, 0.4) is 0 Å². The minimum atomic E-state index is -3.27. The molecule has 1 unspecified atom stereocenters. The van der Waals surface area contributed by atoms with Crippen molar-refractivity contribution in [3.63, 3.8) is 0 Å². The quantitative estimate of drug-likeness (QED) is 0.803. The van der Waals surface area contributed by atoms with Crippen LogP contribution < -0.4 is 0 Å². The summed E-state index contributed by atoms with van der Waals surface area (Å²) >= 11 is 0. The van der Waals surface area contributed by atoms with E-state index in [0.717, 1.165) is 11.3 Å². The molecule has 28 heavy (non-hydrogen) atoms. The summed E-state index contributed by atoms with van der Waals surface area (Å²) in [6.07, 6.45) is 1.92. The number of hydrogen-bond donors (Lipinski definition) is 1. The lowest BCUT2D eigenvalue weighted by atomic mass is 10.0. The van der Waals surface area contributed by atoms with Crippen LogP contribution in [0.4, 0.5) is 0 Å². The van der Waals surface area contributed by atoms with Gasteiger partial charge in [0.1, 0.15) is 6.10 Å². The van der Waals surface area contributed by atoms with Gasteiger partial charge in [-0.3, -0.25) is 14.9 Å². The Labute approximate surface area is 163 Å². The van der Waals surface area contributed by atoms with E-state index in [1.165, 1.54) is 4.31 Å². The van der Waals surface area contributed by atoms with Gasteiger partial charge in [-0.25, -0.2) is 8.42 Å². The molecule has 2 aromatic heterocycles. The molecule has 0 bridgehead atoms. The van der Waals surface area contributed by atoms with Gasteiger partial charge in [-0.2, -0.15) is 9.40 Å². The zero-order valence-electron chi connectivity index (χ0n) is 15.7. The molecule has 2 aliphatic heterocycles. The van der Waals surface area contributed by atoms with E-state index in [0.29, 0.717) is 44.0 Å². The number of morpholine rings is 1. The van der Waals surface area contributed by atoms with Crippen LogP contribution in [0.15, 0.2) is 24.4 Å². The number of H-pyrrole nitrogens is 1. The number of carbonyl (C=O) groups is 1. The third-order valence-electron chi connectivity index (χ3n) is 5.23. The maximum Gasteiger partial charge on any atom is 0.274 e. The number of pyridine rings is 1. The molecule has 1 fully saturated rings. The zero-order chi connectivity index (χ0) is 19.7. The van der Waals surface area contributed by atoms with Crippen LogP contribution in [0.1, 0.15) is 40.5 Å². The number of aromatic amines is 1. The van der Waals surface area contributed by atoms with Crippen LogP contribution in [-0.4, -0.2) is 70.7 Å². The molecule has 4 heterocycles. The van der Waals surface area contributed by atoms with E-state index >= 15 is 0 Å². The molecule has 150 valence electrons. The molecule has 0 saturated carbocycles. The van der Waals surface area contributed by atoms with E-state index in [1.807, 2.05) is 18.2 Å². The maximum atomic E-state index is 13.1. The van der Waals surface area contributed by atoms with Crippen LogP contribution in [-0.2, 0) is 27.7 Å². The summed E-state index contributed by atoms with van der Waals surface area (Å²) in [5, 5.41) is 7.09. The van der Waals surface area contributed by atoms with E-state index in [2.05, 4.69) is 15.2 Å². The van der Waals surface area contributed by atoms with Crippen molar-refractivity contribution in [2.45, 2.75) is 26.0 Å². The van der Waals surface area contributed by atoms with Crippen LogP contribution in [0.5, 0.6) is 0 Å². The van der Waals surface area contributed by atoms with Gasteiger partial charge >= 0.3 is 0 Å². The van der Waals surface area contributed by atoms with Gasteiger partial charge in [-0.1, -0.05) is 6.07 Å².